The van der Waals surface area contributed by atoms with Crippen molar-refractivity contribution in [1.82, 2.24) is 0 Å². The Labute approximate surface area is 91.3 Å². The van der Waals surface area contributed by atoms with E-state index in [-0.39, 0.29) is 5.97 Å². The van der Waals surface area contributed by atoms with E-state index < -0.39 is 0 Å². The highest BCUT2D eigenvalue weighted by Gasteiger charge is 2.14. The minimum absolute atomic E-state index is 0.267. The summed E-state index contributed by atoms with van der Waals surface area (Å²) in [6.07, 6.45) is 0. The molecule has 2 nitrogen and oxygen atoms in total. The lowest BCUT2D eigenvalue weighted by molar-refractivity contribution is 0.0603. The Morgan fingerprint density at radius 1 is 1.62 bits per heavy atom. The van der Waals surface area contributed by atoms with Crippen molar-refractivity contribution >= 4 is 54.0 Å². The van der Waals surface area contributed by atoms with Crippen LogP contribution in [0.25, 0.3) is 9.40 Å². The molecule has 0 bridgehead atoms. The Balaban J connectivity index is 2.62. The summed E-state index contributed by atoms with van der Waals surface area (Å²) in [7, 11) is 1.40. The lowest BCUT2D eigenvalue weighted by atomic mass is 10.2. The molecule has 2 aromatic heterocycles. The highest BCUT2D eigenvalue weighted by Crippen LogP contribution is 2.36. The first kappa shape index (κ1) is 9.18. The maximum atomic E-state index is 11.3. The molecule has 2 heterocycles. The Kier molecular flexibility index (Phi) is 2.40. The van der Waals surface area contributed by atoms with E-state index in [0.717, 1.165) is 13.2 Å². The van der Waals surface area contributed by atoms with Crippen LogP contribution < -0.4 is 0 Å². The number of ether oxygens (including phenoxy) is 1. The van der Waals surface area contributed by atoms with E-state index in [4.69, 9.17) is 0 Å². The SMILES string of the molecule is COC(=O)c1csc2sc(Br)cc12. The molecular formula is C8H5BrO2S2. The number of methoxy groups -OCH3 is 1. The molecule has 0 radical (unpaired) electrons. The van der Waals surface area contributed by atoms with Crippen LogP contribution in [0.3, 0.4) is 0 Å². The van der Waals surface area contributed by atoms with Crippen LogP contribution in [0.5, 0.6) is 0 Å². The van der Waals surface area contributed by atoms with Gasteiger partial charge in [0.05, 0.1) is 20.5 Å². The standard InChI is InChI=1S/C8H5BrO2S2/c1-11-7(10)5-3-12-8-4(5)2-6(9)13-8/h2-3H,1H3. The fraction of sp³-hybridized carbons (Fsp3) is 0.125. The highest BCUT2D eigenvalue weighted by molar-refractivity contribution is 9.11. The molecule has 0 saturated carbocycles. The normalized spacial score (nSPS) is 10.6. The zero-order valence-electron chi connectivity index (χ0n) is 6.67. The van der Waals surface area contributed by atoms with E-state index in [1.54, 1.807) is 22.7 Å². The second kappa shape index (κ2) is 3.40. The monoisotopic (exact) mass is 276 g/mol. The molecule has 0 aliphatic carbocycles. The third-order valence-electron chi connectivity index (χ3n) is 1.65. The van der Waals surface area contributed by atoms with Crippen LogP contribution >= 0.6 is 38.6 Å². The maximum Gasteiger partial charge on any atom is 0.339 e. The van der Waals surface area contributed by atoms with Gasteiger partial charge in [-0.3, -0.25) is 0 Å². The number of esters is 1. The molecule has 0 fully saturated rings. The van der Waals surface area contributed by atoms with Gasteiger partial charge in [0.2, 0.25) is 0 Å². The fourth-order valence-electron chi connectivity index (χ4n) is 1.06. The second-order valence-corrected chi connectivity index (χ2v) is 5.96. The van der Waals surface area contributed by atoms with Gasteiger partial charge in [0, 0.05) is 10.8 Å². The second-order valence-electron chi connectivity index (χ2n) is 2.39. The Hall–Kier alpha value is -0.390. The molecule has 68 valence electrons. The largest absolute Gasteiger partial charge is 0.465 e. The van der Waals surface area contributed by atoms with Crippen molar-refractivity contribution in [2.45, 2.75) is 0 Å². The fourth-order valence-corrected chi connectivity index (χ4v) is 4.08. The predicted octanol–water partition coefficient (Wildman–Crippen LogP) is 3.51. The van der Waals surface area contributed by atoms with Gasteiger partial charge in [0.1, 0.15) is 0 Å². The van der Waals surface area contributed by atoms with Crippen molar-refractivity contribution in [3.8, 4) is 0 Å². The summed E-state index contributed by atoms with van der Waals surface area (Å²) in [6, 6.07) is 1.95. The van der Waals surface area contributed by atoms with Crippen molar-refractivity contribution in [1.29, 1.82) is 0 Å². The molecule has 0 amide bonds. The van der Waals surface area contributed by atoms with Crippen molar-refractivity contribution < 1.29 is 9.53 Å². The first-order chi connectivity index (χ1) is 6.22. The third kappa shape index (κ3) is 1.51. The lowest BCUT2D eigenvalue weighted by Gasteiger charge is -1.93. The van der Waals surface area contributed by atoms with Gasteiger partial charge in [-0.15, -0.1) is 22.7 Å². The lowest BCUT2D eigenvalue weighted by Crippen LogP contribution is -1.98. The number of carbonyl (C=O) groups is 1. The van der Waals surface area contributed by atoms with Gasteiger partial charge in [-0.05, 0) is 22.0 Å². The molecule has 13 heavy (non-hydrogen) atoms. The summed E-state index contributed by atoms with van der Waals surface area (Å²) >= 11 is 6.58. The minimum atomic E-state index is -0.267. The molecule has 0 N–H and O–H groups in total. The van der Waals surface area contributed by atoms with Crippen LogP contribution in [-0.2, 0) is 4.74 Å². The topological polar surface area (TPSA) is 26.3 Å². The van der Waals surface area contributed by atoms with E-state index in [9.17, 15) is 4.79 Å². The maximum absolute atomic E-state index is 11.3. The number of fused-ring (bicyclic) bond motifs is 1. The van der Waals surface area contributed by atoms with Crippen molar-refractivity contribution in [3.05, 3.63) is 20.8 Å². The Bertz CT molecular complexity index is 458. The average molecular weight is 277 g/mol. The summed E-state index contributed by atoms with van der Waals surface area (Å²) < 4.78 is 6.86. The third-order valence-corrected chi connectivity index (χ3v) is 4.41. The Morgan fingerprint density at radius 3 is 3.08 bits per heavy atom. The summed E-state index contributed by atoms with van der Waals surface area (Å²) in [4.78, 5) is 11.3. The number of hydrogen-bond acceptors (Lipinski definition) is 4. The quantitative estimate of drug-likeness (QED) is 0.745. The molecule has 0 aliphatic rings. The summed E-state index contributed by atoms with van der Waals surface area (Å²) in [6.45, 7) is 0. The zero-order chi connectivity index (χ0) is 9.42. The summed E-state index contributed by atoms with van der Waals surface area (Å²) in [5, 5.41) is 2.81. The summed E-state index contributed by atoms with van der Waals surface area (Å²) in [5.41, 5.74) is 0.657. The molecule has 0 atom stereocenters. The van der Waals surface area contributed by atoms with E-state index in [2.05, 4.69) is 20.7 Å². The molecule has 0 unspecified atom stereocenters. The number of halogens is 1. The number of hydrogen-bond donors (Lipinski definition) is 0. The molecule has 0 spiro atoms. The van der Waals surface area contributed by atoms with E-state index >= 15 is 0 Å². The van der Waals surface area contributed by atoms with Gasteiger partial charge < -0.3 is 4.74 Å². The van der Waals surface area contributed by atoms with Gasteiger partial charge in [0.25, 0.3) is 0 Å². The number of carbonyl (C=O) groups excluding carboxylic acids is 1. The van der Waals surface area contributed by atoms with Gasteiger partial charge in [-0.1, -0.05) is 0 Å². The van der Waals surface area contributed by atoms with Crippen LogP contribution in [0, 0.1) is 0 Å². The predicted molar refractivity (Wildman–Crippen MR) is 58.7 cm³/mol. The Morgan fingerprint density at radius 2 is 2.38 bits per heavy atom. The first-order valence-electron chi connectivity index (χ1n) is 3.47. The van der Waals surface area contributed by atoms with Gasteiger partial charge in [-0.2, -0.15) is 0 Å². The van der Waals surface area contributed by atoms with Gasteiger partial charge in [-0.25, -0.2) is 4.79 Å². The van der Waals surface area contributed by atoms with Gasteiger partial charge >= 0.3 is 5.97 Å². The highest BCUT2D eigenvalue weighted by atomic mass is 79.9. The number of thiophene rings is 2. The molecule has 0 aliphatic heterocycles. The zero-order valence-corrected chi connectivity index (χ0v) is 9.88. The van der Waals surface area contributed by atoms with Crippen LogP contribution in [0.4, 0.5) is 0 Å². The molecular weight excluding hydrogens is 272 g/mol. The van der Waals surface area contributed by atoms with Crippen molar-refractivity contribution in [2.24, 2.45) is 0 Å². The molecule has 0 aromatic carbocycles. The van der Waals surface area contributed by atoms with E-state index in [1.807, 2.05) is 11.4 Å². The molecule has 5 heteroatoms. The van der Waals surface area contributed by atoms with Crippen molar-refractivity contribution in [3.63, 3.8) is 0 Å². The minimum Gasteiger partial charge on any atom is -0.465 e. The van der Waals surface area contributed by atoms with Crippen LogP contribution in [0.2, 0.25) is 0 Å². The summed E-state index contributed by atoms with van der Waals surface area (Å²) in [5.74, 6) is -0.267. The van der Waals surface area contributed by atoms with Gasteiger partial charge in [0.15, 0.2) is 0 Å². The first-order valence-corrected chi connectivity index (χ1v) is 5.96. The number of rotatable bonds is 1. The smallest absolute Gasteiger partial charge is 0.339 e. The van der Waals surface area contributed by atoms with Crippen LogP contribution in [-0.4, -0.2) is 13.1 Å². The average Bonchev–Trinajstić information content (AvgIpc) is 2.61. The van der Waals surface area contributed by atoms with Crippen molar-refractivity contribution in [2.75, 3.05) is 7.11 Å². The molecule has 0 saturated heterocycles. The molecule has 2 aromatic rings. The van der Waals surface area contributed by atoms with Crippen LogP contribution in [0.1, 0.15) is 10.4 Å². The molecule has 2 rings (SSSR count). The van der Waals surface area contributed by atoms with E-state index in [1.165, 1.54) is 7.11 Å². The van der Waals surface area contributed by atoms with E-state index in [0.29, 0.717) is 5.56 Å². The van der Waals surface area contributed by atoms with Crippen LogP contribution in [0.15, 0.2) is 15.2 Å².